The molecule has 0 bridgehead atoms. The molecule has 0 aliphatic rings. The number of hydrogen-bond donors (Lipinski definition) is 0. The predicted molar refractivity (Wildman–Crippen MR) is 64.2 cm³/mol. The highest BCUT2D eigenvalue weighted by Gasteiger charge is 2.15. The van der Waals surface area contributed by atoms with Gasteiger partial charge in [-0.1, -0.05) is 44.4 Å². The van der Waals surface area contributed by atoms with Crippen molar-refractivity contribution in [1.82, 2.24) is 0 Å². The Morgan fingerprint density at radius 2 is 1.87 bits per heavy atom. The molecule has 0 N–H and O–H groups in total. The van der Waals surface area contributed by atoms with Crippen molar-refractivity contribution < 1.29 is 8.85 Å². The summed E-state index contributed by atoms with van der Waals surface area (Å²) >= 11 is 0. The van der Waals surface area contributed by atoms with E-state index in [1.54, 1.807) is 7.11 Å². The maximum Gasteiger partial charge on any atom is 0.457 e. The Morgan fingerprint density at radius 1 is 1.13 bits per heavy atom. The average molecular weight is 223 g/mol. The first kappa shape index (κ1) is 12.3. The van der Waals surface area contributed by atoms with Gasteiger partial charge in [0, 0.05) is 13.2 Å². The molecule has 0 saturated heterocycles. The second kappa shape index (κ2) is 7.48. The highest BCUT2D eigenvalue weighted by atomic mass is 28.3. The van der Waals surface area contributed by atoms with E-state index >= 15 is 0 Å². The molecule has 1 radical (unpaired) electrons. The quantitative estimate of drug-likeness (QED) is 0.521. The standard InChI is InChI=1S/C12H19O2Si/c1-3-4-8-11-15(13-2)14-12-9-6-5-7-10-12/h5-7,9-10H,3-4,8,11H2,1-2H3. The Morgan fingerprint density at radius 3 is 2.47 bits per heavy atom. The first-order valence-corrected chi connectivity index (χ1v) is 7.02. The lowest BCUT2D eigenvalue weighted by Crippen LogP contribution is -2.24. The molecule has 1 aromatic rings. The number of rotatable bonds is 7. The molecule has 0 atom stereocenters. The van der Waals surface area contributed by atoms with Crippen LogP contribution >= 0.6 is 0 Å². The summed E-state index contributed by atoms with van der Waals surface area (Å²) in [5.74, 6) is 0.921. The van der Waals surface area contributed by atoms with Crippen molar-refractivity contribution in [1.29, 1.82) is 0 Å². The predicted octanol–water partition coefficient (Wildman–Crippen LogP) is 3.39. The van der Waals surface area contributed by atoms with Crippen molar-refractivity contribution in [2.45, 2.75) is 32.2 Å². The van der Waals surface area contributed by atoms with Gasteiger partial charge in [0.2, 0.25) is 0 Å². The fourth-order valence-corrected chi connectivity index (χ4v) is 2.66. The fraction of sp³-hybridized carbons (Fsp3) is 0.500. The maximum atomic E-state index is 5.79. The van der Waals surface area contributed by atoms with E-state index in [1.165, 1.54) is 19.3 Å². The van der Waals surface area contributed by atoms with Crippen molar-refractivity contribution in [3.05, 3.63) is 30.3 Å². The Bertz CT molecular complexity index is 251. The number of benzene rings is 1. The normalized spacial score (nSPS) is 10.6. The molecule has 0 fully saturated rings. The first-order valence-electron chi connectivity index (χ1n) is 5.49. The lowest BCUT2D eigenvalue weighted by Gasteiger charge is -2.13. The van der Waals surface area contributed by atoms with Gasteiger partial charge < -0.3 is 8.85 Å². The van der Waals surface area contributed by atoms with Crippen LogP contribution in [0.25, 0.3) is 0 Å². The van der Waals surface area contributed by atoms with Gasteiger partial charge in [-0.05, 0) is 12.1 Å². The van der Waals surface area contributed by atoms with Crippen LogP contribution < -0.4 is 4.43 Å². The van der Waals surface area contributed by atoms with Crippen molar-refractivity contribution in [3.8, 4) is 5.75 Å². The summed E-state index contributed by atoms with van der Waals surface area (Å²) in [6.45, 7) is 2.21. The Labute approximate surface area is 94.1 Å². The molecule has 0 amide bonds. The molecule has 83 valence electrons. The van der Waals surface area contributed by atoms with E-state index in [0.29, 0.717) is 0 Å². The Kier molecular flexibility index (Phi) is 6.12. The van der Waals surface area contributed by atoms with E-state index in [9.17, 15) is 0 Å². The molecule has 0 unspecified atom stereocenters. The Balaban J connectivity index is 2.33. The summed E-state index contributed by atoms with van der Waals surface area (Å²) in [5.41, 5.74) is 0. The van der Waals surface area contributed by atoms with Crippen LogP contribution in [0.4, 0.5) is 0 Å². The molecule has 1 aromatic carbocycles. The minimum absolute atomic E-state index is 0.921. The van der Waals surface area contributed by atoms with Crippen LogP contribution in [0.15, 0.2) is 30.3 Å². The van der Waals surface area contributed by atoms with Crippen LogP contribution in [0.3, 0.4) is 0 Å². The largest absolute Gasteiger partial charge is 0.519 e. The zero-order valence-corrected chi connectivity index (χ0v) is 10.5. The molecule has 1 rings (SSSR count). The monoisotopic (exact) mass is 223 g/mol. The van der Waals surface area contributed by atoms with Crippen molar-refractivity contribution in [2.24, 2.45) is 0 Å². The third-order valence-electron chi connectivity index (χ3n) is 2.19. The highest BCUT2D eigenvalue weighted by molar-refractivity contribution is 6.45. The number of unbranched alkanes of at least 4 members (excludes halogenated alkanes) is 2. The number of para-hydroxylation sites is 1. The van der Waals surface area contributed by atoms with Crippen LogP contribution in [0.2, 0.25) is 6.04 Å². The van der Waals surface area contributed by atoms with Gasteiger partial charge in [0.25, 0.3) is 0 Å². The minimum Gasteiger partial charge on any atom is -0.519 e. The summed E-state index contributed by atoms with van der Waals surface area (Å²) < 4.78 is 11.2. The lowest BCUT2D eigenvalue weighted by molar-refractivity contribution is 0.331. The molecule has 0 aromatic heterocycles. The third kappa shape index (κ3) is 5.00. The van der Waals surface area contributed by atoms with Crippen molar-refractivity contribution in [2.75, 3.05) is 7.11 Å². The molecular weight excluding hydrogens is 204 g/mol. The van der Waals surface area contributed by atoms with E-state index in [2.05, 4.69) is 6.92 Å². The molecule has 3 heteroatoms. The van der Waals surface area contributed by atoms with Gasteiger partial charge in [-0.2, -0.15) is 0 Å². The SMILES string of the molecule is CCCCC[Si](OC)Oc1ccccc1. The average Bonchev–Trinajstić information content (AvgIpc) is 2.29. The summed E-state index contributed by atoms with van der Waals surface area (Å²) in [7, 11) is 0.631. The van der Waals surface area contributed by atoms with Crippen LogP contribution in [0.1, 0.15) is 26.2 Å². The van der Waals surface area contributed by atoms with Gasteiger partial charge in [-0.3, -0.25) is 0 Å². The molecule has 15 heavy (non-hydrogen) atoms. The second-order valence-electron chi connectivity index (χ2n) is 3.45. The summed E-state index contributed by atoms with van der Waals surface area (Å²) in [4.78, 5) is 0. The van der Waals surface area contributed by atoms with E-state index < -0.39 is 9.28 Å². The minimum atomic E-state index is -1.11. The van der Waals surface area contributed by atoms with Gasteiger partial charge in [-0.15, -0.1) is 0 Å². The van der Waals surface area contributed by atoms with E-state index in [4.69, 9.17) is 8.85 Å². The third-order valence-corrected chi connectivity index (χ3v) is 3.87. The zero-order chi connectivity index (χ0) is 10.9. The second-order valence-corrected chi connectivity index (χ2v) is 5.30. The summed E-state index contributed by atoms with van der Waals surface area (Å²) in [5, 5.41) is 0. The van der Waals surface area contributed by atoms with Gasteiger partial charge in [0.15, 0.2) is 0 Å². The molecule has 0 aliphatic carbocycles. The van der Waals surface area contributed by atoms with E-state index in [1.807, 2.05) is 30.3 Å². The zero-order valence-electron chi connectivity index (χ0n) is 9.53. The van der Waals surface area contributed by atoms with Gasteiger partial charge in [0.05, 0.1) is 0 Å². The van der Waals surface area contributed by atoms with Crippen LogP contribution in [-0.2, 0) is 4.43 Å². The molecular formula is C12H19O2Si. The Hall–Kier alpha value is -0.803. The molecule has 0 saturated carbocycles. The van der Waals surface area contributed by atoms with Crippen LogP contribution in [0.5, 0.6) is 5.75 Å². The fourth-order valence-electron chi connectivity index (χ4n) is 1.33. The molecule has 0 aliphatic heterocycles. The smallest absolute Gasteiger partial charge is 0.457 e. The van der Waals surface area contributed by atoms with E-state index in [0.717, 1.165) is 11.8 Å². The maximum absolute atomic E-state index is 5.79. The molecule has 2 nitrogen and oxygen atoms in total. The summed E-state index contributed by atoms with van der Waals surface area (Å²) in [6.07, 6.45) is 3.70. The van der Waals surface area contributed by atoms with E-state index in [-0.39, 0.29) is 0 Å². The molecule has 0 spiro atoms. The van der Waals surface area contributed by atoms with Crippen LogP contribution in [0, 0.1) is 0 Å². The molecule has 0 heterocycles. The van der Waals surface area contributed by atoms with Gasteiger partial charge in [-0.25, -0.2) is 0 Å². The van der Waals surface area contributed by atoms with Gasteiger partial charge >= 0.3 is 9.28 Å². The lowest BCUT2D eigenvalue weighted by atomic mass is 10.3. The van der Waals surface area contributed by atoms with Crippen molar-refractivity contribution >= 4 is 9.28 Å². The van der Waals surface area contributed by atoms with Gasteiger partial charge in [0.1, 0.15) is 5.75 Å². The first-order chi connectivity index (χ1) is 7.36. The van der Waals surface area contributed by atoms with Crippen LogP contribution in [-0.4, -0.2) is 16.4 Å². The topological polar surface area (TPSA) is 18.5 Å². The number of hydrogen-bond acceptors (Lipinski definition) is 2. The van der Waals surface area contributed by atoms with Crippen molar-refractivity contribution in [3.63, 3.8) is 0 Å². The summed E-state index contributed by atoms with van der Waals surface area (Å²) in [6, 6.07) is 11.0. The highest BCUT2D eigenvalue weighted by Crippen LogP contribution is 2.13.